The van der Waals surface area contributed by atoms with E-state index in [1.54, 1.807) is 0 Å². The molecule has 0 spiro atoms. The number of benzene rings is 3. The first kappa shape index (κ1) is 24.9. The molecule has 0 radical (unpaired) electrons. The normalized spacial score (nSPS) is 14.6. The van der Waals surface area contributed by atoms with Crippen LogP contribution in [0.25, 0.3) is 0 Å². The van der Waals surface area contributed by atoms with Crippen molar-refractivity contribution < 1.29 is 9.18 Å². The first-order valence-electron chi connectivity index (χ1n) is 12.7. The molecule has 3 aromatic rings. The average molecular weight is 474 g/mol. The van der Waals surface area contributed by atoms with Crippen LogP contribution in [0.3, 0.4) is 0 Å². The summed E-state index contributed by atoms with van der Waals surface area (Å²) >= 11 is 0. The molecule has 4 rings (SSSR count). The largest absolute Gasteiger partial charge is 0.338 e. The number of aryl methyl sites for hydroxylation is 1. The number of hydrogen-bond donors (Lipinski definition) is 1. The van der Waals surface area contributed by atoms with Crippen molar-refractivity contribution in [2.45, 2.75) is 52.2 Å². The Morgan fingerprint density at radius 3 is 2.26 bits per heavy atom. The van der Waals surface area contributed by atoms with E-state index in [4.69, 9.17) is 0 Å². The molecule has 1 heterocycles. The maximum Gasteiger partial charge on any atom is 0.317 e. The summed E-state index contributed by atoms with van der Waals surface area (Å²) in [6.07, 6.45) is 2.16. The van der Waals surface area contributed by atoms with Crippen molar-refractivity contribution in [2.75, 3.05) is 19.6 Å². The van der Waals surface area contributed by atoms with Gasteiger partial charge in [0.2, 0.25) is 0 Å². The van der Waals surface area contributed by atoms with Crippen LogP contribution in [0.5, 0.6) is 0 Å². The molecule has 3 aromatic carbocycles. The third-order valence-electron chi connectivity index (χ3n) is 7.00. The molecule has 1 aliphatic rings. The molecule has 184 valence electrons. The van der Waals surface area contributed by atoms with Crippen LogP contribution in [0.1, 0.15) is 53.5 Å². The second-order valence-electron chi connectivity index (χ2n) is 9.49. The fourth-order valence-electron chi connectivity index (χ4n) is 4.99. The number of piperidine rings is 1. The second-order valence-corrected chi connectivity index (χ2v) is 9.49. The molecule has 1 aliphatic heterocycles. The fourth-order valence-corrected chi connectivity index (χ4v) is 4.99. The number of hydrogen-bond acceptors (Lipinski definition) is 2. The molecular formula is C30H36FN3O. The number of carbonyl (C=O) groups excluding carboxylic acids is 1. The van der Waals surface area contributed by atoms with Crippen molar-refractivity contribution in [1.29, 1.82) is 0 Å². The lowest BCUT2D eigenvalue weighted by Crippen LogP contribution is -2.39. The minimum absolute atomic E-state index is 0.0281. The van der Waals surface area contributed by atoms with Crippen LogP contribution in [0.4, 0.5) is 9.18 Å². The van der Waals surface area contributed by atoms with E-state index in [2.05, 4.69) is 53.5 Å². The Bertz CT molecular complexity index is 1110. The molecule has 0 saturated carbocycles. The van der Waals surface area contributed by atoms with Crippen molar-refractivity contribution >= 4 is 6.03 Å². The van der Waals surface area contributed by atoms with Gasteiger partial charge in [-0.15, -0.1) is 0 Å². The van der Waals surface area contributed by atoms with Crippen molar-refractivity contribution in [1.82, 2.24) is 15.1 Å². The second kappa shape index (κ2) is 12.0. The van der Waals surface area contributed by atoms with Gasteiger partial charge in [-0.05, 0) is 85.6 Å². The lowest BCUT2D eigenvalue weighted by atomic mass is 9.86. The van der Waals surface area contributed by atoms with Crippen molar-refractivity contribution in [3.8, 4) is 0 Å². The molecule has 1 saturated heterocycles. The Balaban J connectivity index is 1.45. The van der Waals surface area contributed by atoms with E-state index >= 15 is 0 Å². The Labute approximate surface area is 208 Å². The summed E-state index contributed by atoms with van der Waals surface area (Å²) in [5.74, 6) is 0.290. The monoisotopic (exact) mass is 473 g/mol. The van der Waals surface area contributed by atoms with E-state index in [-0.39, 0.29) is 11.8 Å². The van der Waals surface area contributed by atoms with Gasteiger partial charge in [0.15, 0.2) is 0 Å². The molecule has 0 unspecified atom stereocenters. The molecule has 35 heavy (non-hydrogen) atoms. The molecule has 4 nitrogen and oxygen atoms in total. The van der Waals surface area contributed by atoms with Gasteiger partial charge in [0, 0.05) is 26.2 Å². The minimum Gasteiger partial charge on any atom is -0.338 e. The summed E-state index contributed by atoms with van der Waals surface area (Å²) < 4.78 is 13.2. The van der Waals surface area contributed by atoms with Crippen molar-refractivity contribution in [3.05, 3.63) is 106 Å². The zero-order valence-electron chi connectivity index (χ0n) is 20.8. The van der Waals surface area contributed by atoms with E-state index in [0.29, 0.717) is 25.6 Å². The molecule has 1 N–H and O–H groups in total. The van der Waals surface area contributed by atoms with Crippen LogP contribution in [0.15, 0.2) is 72.8 Å². The summed E-state index contributed by atoms with van der Waals surface area (Å²) in [6, 6.07) is 23.7. The highest BCUT2D eigenvalue weighted by atomic mass is 19.1. The van der Waals surface area contributed by atoms with Gasteiger partial charge in [0.05, 0.1) is 0 Å². The van der Waals surface area contributed by atoms with Crippen LogP contribution in [-0.4, -0.2) is 35.5 Å². The summed E-state index contributed by atoms with van der Waals surface area (Å²) in [4.78, 5) is 17.3. The number of nitrogens with zero attached hydrogens (tertiary/aromatic N) is 2. The predicted molar refractivity (Wildman–Crippen MR) is 140 cm³/mol. The number of nitrogens with one attached hydrogen (secondary N) is 1. The van der Waals surface area contributed by atoms with E-state index in [0.717, 1.165) is 38.0 Å². The lowest BCUT2D eigenvalue weighted by molar-refractivity contribution is 0.191. The minimum atomic E-state index is -0.187. The van der Waals surface area contributed by atoms with E-state index in [1.165, 1.54) is 34.4 Å². The number of amides is 2. The smallest absolute Gasteiger partial charge is 0.317 e. The summed E-state index contributed by atoms with van der Waals surface area (Å²) in [6.45, 7) is 8.72. The number of carbonyl (C=O) groups is 1. The van der Waals surface area contributed by atoms with Crippen molar-refractivity contribution in [3.63, 3.8) is 0 Å². The van der Waals surface area contributed by atoms with E-state index in [9.17, 15) is 9.18 Å². The third-order valence-corrected chi connectivity index (χ3v) is 7.00. The number of rotatable bonds is 8. The zero-order chi connectivity index (χ0) is 24.6. The molecule has 0 aromatic heterocycles. The molecule has 1 fully saturated rings. The maximum absolute atomic E-state index is 13.2. The van der Waals surface area contributed by atoms with Crippen LogP contribution in [0.2, 0.25) is 0 Å². The van der Waals surface area contributed by atoms with Gasteiger partial charge in [0.25, 0.3) is 0 Å². The number of likely N-dealkylation sites (tertiary alicyclic amines) is 1. The van der Waals surface area contributed by atoms with Crippen LogP contribution < -0.4 is 5.32 Å². The summed E-state index contributed by atoms with van der Waals surface area (Å²) in [5, 5.41) is 2.99. The first-order valence-corrected chi connectivity index (χ1v) is 12.7. The number of halogens is 1. The van der Waals surface area contributed by atoms with Gasteiger partial charge in [-0.3, -0.25) is 4.90 Å². The van der Waals surface area contributed by atoms with Gasteiger partial charge in [-0.25, -0.2) is 9.18 Å². The molecular weight excluding hydrogens is 437 g/mol. The topological polar surface area (TPSA) is 35.6 Å². The molecule has 0 bridgehead atoms. The lowest BCUT2D eigenvalue weighted by Gasteiger charge is -2.34. The quantitative estimate of drug-likeness (QED) is 0.420. The van der Waals surface area contributed by atoms with Gasteiger partial charge in [0.1, 0.15) is 5.82 Å². The highest BCUT2D eigenvalue weighted by molar-refractivity contribution is 5.74. The van der Waals surface area contributed by atoms with Gasteiger partial charge < -0.3 is 10.2 Å². The van der Waals surface area contributed by atoms with Crippen molar-refractivity contribution in [2.24, 2.45) is 0 Å². The Hall–Kier alpha value is -3.18. The first-order chi connectivity index (χ1) is 17.0. The molecule has 5 heteroatoms. The van der Waals surface area contributed by atoms with Gasteiger partial charge in [-0.2, -0.15) is 0 Å². The maximum atomic E-state index is 13.2. The highest BCUT2D eigenvalue weighted by Gasteiger charge is 2.24. The summed E-state index contributed by atoms with van der Waals surface area (Å²) in [5.41, 5.74) is 6.10. The predicted octanol–water partition coefficient (Wildman–Crippen LogP) is 6.25. The zero-order valence-corrected chi connectivity index (χ0v) is 20.8. The highest BCUT2D eigenvalue weighted by Crippen LogP contribution is 2.32. The van der Waals surface area contributed by atoms with E-state index in [1.807, 2.05) is 36.1 Å². The average Bonchev–Trinajstić information content (AvgIpc) is 2.87. The molecule has 2 amide bonds. The number of urea groups is 1. The van der Waals surface area contributed by atoms with Crippen LogP contribution in [0, 0.1) is 12.7 Å². The molecule has 0 atom stereocenters. The SMILES string of the molecule is CCNC(=O)N(Cc1ccccc1C)Cc1ccccc1C1CCN(Cc2ccc(F)cc2)CC1. The summed E-state index contributed by atoms with van der Waals surface area (Å²) in [7, 11) is 0. The Kier molecular flexibility index (Phi) is 8.54. The van der Waals surface area contributed by atoms with Crippen LogP contribution in [-0.2, 0) is 19.6 Å². The van der Waals surface area contributed by atoms with Gasteiger partial charge in [-0.1, -0.05) is 60.7 Å². The van der Waals surface area contributed by atoms with Crippen LogP contribution >= 0.6 is 0 Å². The molecule has 0 aliphatic carbocycles. The Morgan fingerprint density at radius 1 is 0.943 bits per heavy atom. The standard InChI is InChI=1S/C30H36FN3O/c1-3-32-30(35)34(21-26-9-5-4-8-23(26)2)22-27-10-6-7-11-29(27)25-16-18-33(19-17-25)20-24-12-14-28(31)15-13-24/h4-15,25H,3,16-22H2,1-2H3,(H,32,35). The van der Waals surface area contributed by atoms with Gasteiger partial charge >= 0.3 is 6.03 Å². The fraction of sp³-hybridized carbons (Fsp3) is 0.367. The Morgan fingerprint density at radius 2 is 1.57 bits per heavy atom. The third kappa shape index (κ3) is 6.70. The van der Waals surface area contributed by atoms with E-state index < -0.39 is 0 Å².